The third kappa shape index (κ3) is 9.43. The van der Waals surface area contributed by atoms with E-state index in [1.807, 2.05) is 12.1 Å². The normalized spacial score (nSPS) is 24.5. The summed E-state index contributed by atoms with van der Waals surface area (Å²) in [5, 5.41) is 37.5. The van der Waals surface area contributed by atoms with E-state index in [4.69, 9.17) is 26.0 Å². The number of fused-ring (bicyclic) bond motifs is 1. The highest BCUT2D eigenvalue weighted by Gasteiger charge is 2.55. The molecule has 19 nitrogen and oxygen atoms in total. The number of piperidine rings is 2. The highest BCUT2D eigenvalue weighted by molar-refractivity contribution is 5.95. The quantitative estimate of drug-likeness (QED) is 0.0493. The molecule has 2 bridgehead atoms. The lowest BCUT2D eigenvalue weighted by Crippen LogP contribution is -2.60. The number of hydrogen-bond acceptors (Lipinski definition) is 11. The highest BCUT2D eigenvalue weighted by atomic mass is 16.6. The molecule has 4 amide bonds. The third-order valence-corrected chi connectivity index (χ3v) is 11.5. The first-order valence-electron chi connectivity index (χ1n) is 18.7. The molecule has 5 unspecified atom stereocenters. The third-order valence-electron chi connectivity index (χ3n) is 11.5. The van der Waals surface area contributed by atoms with E-state index in [2.05, 4.69) is 32.9 Å². The minimum atomic E-state index is -1.37. The van der Waals surface area contributed by atoms with Crippen LogP contribution >= 0.6 is 0 Å². The maximum absolute atomic E-state index is 14.0. The molecule has 2 fully saturated rings. The molecule has 10 N–H and O–H groups in total. The van der Waals surface area contributed by atoms with Crippen LogP contribution in [0.25, 0.3) is 0 Å². The monoisotopic (exact) mass is 784 g/mol. The van der Waals surface area contributed by atoms with Crippen LogP contribution in [0.15, 0.2) is 29.0 Å². The summed E-state index contributed by atoms with van der Waals surface area (Å²) in [6.45, 7) is 0.249. The van der Waals surface area contributed by atoms with Crippen LogP contribution in [0, 0.1) is 11.8 Å². The number of likely N-dealkylation sites (tertiary alicyclic amines) is 2. The Kier molecular flexibility index (Phi) is 13.3. The fourth-order valence-corrected chi connectivity index (χ4v) is 8.77. The molecule has 2 saturated heterocycles. The van der Waals surface area contributed by atoms with E-state index in [1.165, 1.54) is 12.0 Å². The average Bonchev–Trinajstić information content (AvgIpc) is 3.15. The van der Waals surface area contributed by atoms with E-state index in [0.717, 1.165) is 30.5 Å². The molecule has 0 spiro atoms. The molecule has 1 aromatic carbocycles. The Balaban J connectivity index is 1.29. The molecule has 2 aliphatic heterocycles. The summed E-state index contributed by atoms with van der Waals surface area (Å²) in [5.41, 5.74) is 12.2. The summed E-state index contributed by atoms with van der Waals surface area (Å²) in [5.74, 6) is -4.55. The molecule has 19 heteroatoms. The van der Waals surface area contributed by atoms with Gasteiger partial charge in [-0.25, -0.2) is 4.79 Å². The van der Waals surface area contributed by atoms with E-state index in [1.54, 1.807) is 6.07 Å². The number of likely N-dealkylation sites (N-methyl/N-ethyl adjacent to an activating group) is 1. The number of guanidine groups is 1. The Bertz CT molecular complexity index is 1760. The van der Waals surface area contributed by atoms with Crippen LogP contribution < -0.4 is 32.2 Å². The lowest BCUT2D eigenvalue weighted by atomic mass is 9.53. The SMILES string of the molecule is COc1ccc2c(c1O)C13CCN(C)C(C2)[C@@H]1CC=C(OC(=O)N1CCC(C(=O)O)CC1CNC(=O)C(CCCN=C(N)N)NC(=O)CNC(=O)CC(=O)O)C3. The summed E-state index contributed by atoms with van der Waals surface area (Å²) in [7, 11) is 3.62. The molecule has 5 rings (SSSR count). The van der Waals surface area contributed by atoms with Crippen molar-refractivity contribution >= 4 is 41.7 Å². The van der Waals surface area contributed by atoms with E-state index < -0.39 is 72.1 Å². The predicted molar refractivity (Wildman–Crippen MR) is 199 cm³/mol. The average molecular weight is 785 g/mol. The number of methoxy groups -OCH3 is 1. The largest absolute Gasteiger partial charge is 0.504 e. The maximum Gasteiger partial charge on any atom is 0.415 e. The standard InChI is InChI=1S/C37H52N8O11/c1-44-13-10-37-17-23(6-7-24(37)26(44)15-20-5-8-27(55-2)32(50)31(20)37)56-36(54)45-12-9-21(34(52)53)14-22(45)18-42-33(51)25(4-3-11-40-35(38)39)43-29(47)19-41-28(46)16-30(48)49/h5-6,8,21-22,24-26,50H,3-4,7,9-19H2,1-2H3,(H,41,46)(H,42,51)(H,43,47)(H,48,49)(H,52,53)(H4,38,39,40)/t21?,22?,24-,25?,26?,37?/m0/s1. The van der Waals surface area contributed by atoms with Crippen LogP contribution in [-0.4, -0.2) is 132 Å². The van der Waals surface area contributed by atoms with Gasteiger partial charge >= 0.3 is 18.0 Å². The van der Waals surface area contributed by atoms with E-state index >= 15 is 0 Å². The smallest absolute Gasteiger partial charge is 0.415 e. The van der Waals surface area contributed by atoms with Crippen molar-refractivity contribution in [1.82, 2.24) is 25.8 Å². The molecule has 1 aromatic rings. The summed E-state index contributed by atoms with van der Waals surface area (Å²) >= 11 is 0. The van der Waals surface area contributed by atoms with E-state index in [9.17, 15) is 39.0 Å². The number of aliphatic carboxylic acids is 2. The number of carbonyl (C=O) groups excluding carboxylic acids is 4. The van der Waals surface area contributed by atoms with Gasteiger partial charge in [-0.05, 0) is 82.2 Å². The molecule has 2 heterocycles. The summed E-state index contributed by atoms with van der Waals surface area (Å²) < 4.78 is 11.6. The Morgan fingerprint density at radius 2 is 1.86 bits per heavy atom. The van der Waals surface area contributed by atoms with Crippen molar-refractivity contribution in [2.45, 2.75) is 81.3 Å². The minimum absolute atomic E-state index is 0.0297. The minimum Gasteiger partial charge on any atom is -0.504 e. The topological polar surface area (TPSA) is 289 Å². The van der Waals surface area contributed by atoms with Gasteiger partial charge in [-0.15, -0.1) is 0 Å². The molecule has 4 aliphatic rings. The number of phenols is 1. The van der Waals surface area contributed by atoms with Gasteiger partial charge in [-0.1, -0.05) is 6.07 Å². The summed E-state index contributed by atoms with van der Waals surface area (Å²) in [6.07, 6.45) is 3.43. The number of nitrogens with zero attached hydrogens (tertiary/aromatic N) is 3. The molecule has 56 heavy (non-hydrogen) atoms. The molecule has 0 aromatic heterocycles. The summed E-state index contributed by atoms with van der Waals surface area (Å²) in [4.78, 5) is 82.3. The van der Waals surface area contributed by atoms with Gasteiger partial charge in [0.2, 0.25) is 17.7 Å². The fourth-order valence-electron chi connectivity index (χ4n) is 8.77. The predicted octanol–water partition coefficient (Wildman–Crippen LogP) is -0.260. The second kappa shape index (κ2) is 17.9. The van der Waals surface area contributed by atoms with Crippen molar-refractivity contribution in [3.05, 3.63) is 35.1 Å². The number of benzene rings is 1. The van der Waals surface area contributed by atoms with Crippen molar-refractivity contribution in [3.63, 3.8) is 0 Å². The fraction of sp³-hybridized carbons (Fsp3) is 0.595. The molecule has 6 atom stereocenters. The van der Waals surface area contributed by atoms with E-state index in [0.29, 0.717) is 24.4 Å². The number of hydrogen-bond donors (Lipinski definition) is 8. The van der Waals surface area contributed by atoms with Crippen LogP contribution in [0.3, 0.4) is 0 Å². The lowest BCUT2D eigenvalue weighted by molar-refractivity contribution is -0.144. The number of nitrogens with two attached hydrogens (primary N) is 2. The summed E-state index contributed by atoms with van der Waals surface area (Å²) in [6, 6.07) is 2.08. The molecule has 0 radical (unpaired) electrons. The van der Waals surface area contributed by atoms with Crippen LogP contribution in [0.2, 0.25) is 0 Å². The maximum atomic E-state index is 14.0. The number of phenolic OH excluding ortho intramolecular Hbond substituents is 1. The van der Waals surface area contributed by atoms with Gasteiger partial charge in [-0.2, -0.15) is 0 Å². The molecule has 2 aliphatic carbocycles. The number of allylic oxidation sites excluding steroid dienone is 2. The highest BCUT2D eigenvalue weighted by Crippen LogP contribution is 2.59. The number of ether oxygens (including phenoxy) is 2. The van der Waals surface area contributed by atoms with Gasteiger partial charge in [0.05, 0.1) is 25.6 Å². The van der Waals surface area contributed by atoms with Crippen molar-refractivity contribution in [2.24, 2.45) is 28.3 Å². The van der Waals surface area contributed by atoms with Crippen LogP contribution in [-0.2, 0) is 40.5 Å². The van der Waals surface area contributed by atoms with Crippen molar-refractivity contribution in [3.8, 4) is 11.5 Å². The van der Waals surface area contributed by atoms with Crippen molar-refractivity contribution in [2.75, 3.05) is 46.9 Å². The number of carboxylic acid groups (broad SMARTS) is 2. The first-order valence-corrected chi connectivity index (χ1v) is 18.7. The number of carbonyl (C=O) groups is 6. The Labute approximate surface area is 323 Å². The first-order chi connectivity index (χ1) is 26.6. The number of rotatable bonds is 15. The lowest BCUT2D eigenvalue weighted by Gasteiger charge is -2.57. The second-order valence-corrected chi connectivity index (χ2v) is 14.9. The zero-order valence-electron chi connectivity index (χ0n) is 31.6. The number of amides is 4. The van der Waals surface area contributed by atoms with Gasteiger partial charge in [0, 0.05) is 43.1 Å². The molecular weight excluding hydrogens is 732 g/mol. The van der Waals surface area contributed by atoms with Gasteiger partial charge in [0.1, 0.15) is 18.2 Å². The van der Waals surface area contributed by atoms with Gasteiger partial charge in [-0.3, -0.25) is 29.0 Å². The molecule has 306 valence electrons. The Hall–Kier alpha value is -5.59. The van der Waals surface area contributed by atoms with Gasteiger partial charge in [0.15, 0.2) is 17.5 Å². The Morgan fingerprint density at radius 3 is 2.55 bits per heavy atom. The van der Waals surface area contributed by atoms with Crippen LogP contribution in [0.1, 0.15) is 62.5 Å². The second-order valence-electron chi connectivity index (χ2n) is 14.9. The number of carboxylic acids is 2. The van der Waals surface area contributed by atoms with Crippen molar-refractivity contribution in [1.29, 1.82) is 0 Å². The van der Waals surface area contributed by atoms with Gasteiger partial charge < -0.3 is 62.0 Å². The van der Waals surface area contributed by atoms with Gasteiger partial charge in [0.25, 0.3) is 0 Å². The zero-order valence-corrected chi connectivity index (χ0v) is 31.6. The van der Waals surface area contributed by atoms with Crippen LogP contribution in [0.4, 0.5) is 4.79 Å². The van der Waals surface area contributed by atoms with E-state index in [-0.39, 0.29) is 69.0 Å². The van der Waals surface area contributed by atoms with Crippen LogP contribution in [0.5, 0.6) is 11.5 Å². The molecule has 0 saturated carbocycles. The van der Waals surface area contributed by atoms with Crippen molar-refractivity contribution < 1.29 is 53.6 Å². The number of aliphatic imine (C=N–C) groups is 1. The first kappa shape index (κ1) is 41.6. The Morgan fingerprint density at radius 1 is 1.09 bits per heavy atom. The number of nitrogens with one attached hydrogen (secondary N) is 3. The number of aromatic hydroxyl groups is 1. The molecular formula is C37H52N8O11. The zero-order chi connectivity index (χ0) is 40.7.